The zero-order chi connectivity index (χ0) is 12.0. The summed E-state index contributed by atoms with van der Waals surface area (Å²) in [4.78, 5) is 21.6. The first-order valence-electron chi connectivity index (χ1n) is 4.58. The average Bonchev–Trinajstić information content (AvgIpc) is 2.23. The summed E-state index contributed by atoms with van der Waals surface area (Å²) in [5, 5.41) is 2.35. The molecule has 84 valence electrons. The Hall–Kier alpha value is -1.62. The molecule has 4 nitrogen and oxygen atoms in total. The van der Waals surface area contributed by atoms with Crippen LogP contribution in [0.3, 0.4) is 0 Å². The number of hydrogen-bond donors (Lipinski definition) is 2. The maximum Gasteiger partial charge on any atom is 0.244 e. The lowest BCUT2D eigenvalue weighted by Crippen LogP contribution is -2.32. The highest BCUT2D eigenvalue weighted by Crippen LogP contribution is 2.12. The van der Waals surface area contributed by atoms with Crippen LogP contribution in [0.4, 0.5) is 0 Å². The monoisotopic (exact) mass is 282 g/mol. The predicted octanol–water partition coefficient (Wildman–Crippen LogP) is 1.06. The Morgan fingerprint density at radius 3 is 2.81 bits per heavy atom. The van der Waals surface area contributed by atoms with Crippen molar-refractivity contribution in [2.45, 2.75) is 0 Å². The summed E-state index contributed by atoms with van der Waals surface area (Å²) in [6.07, 6.45) is 3.01. The fourth-order valence-corrected chi connectivity index (χ4v) is 1.43. The summed E-state index contributed by atoms with van der Waals surface area (Å²) in [5.74, 6) is -0.914. The number of carbonyl (C=O) groups is 2. The number of nitrogens with two attached hydrogens (primary N) is 1. The van der Waals surface area contributed by atoms with Gasteiger partial charge >= 0.3 is 0 Å². The second-order valence-electron chi connectivity index (χ2n) is 3.07. The van der Waals surface area contributed by atoms with Crippen molar-refractivity contribution < 1.29 is 9.59 Å². The van der Waals surface area contributed by atoms with Gasteiger partial charge in [0.1, 0.15) is 0 Å². The number of benzene rings is 1. The van der Waals surface area contributed by atoms with Crippen molar-refractivity contribution in [2.24, 2.45) is 5.73 Å². The van der Waals surface area contributed by atoms with Crippen molar-refractivity contribution in [3.63, 3.8) is 0 Å². The minimum Gasteiger partial charge on any atom is -0.368 e. The van der Waals surface area contributed by atoms with Crippen LogP contribution in [0.1, 0.15) is 5.56 Å². The summed E-state index contributed by atoms with van der Waals surface area (Å²) >= 11 is 3.32. The standard InChI is InChI=1S/C11H11BrN2O2/c12-9-3-1-2-8(6-9)4-5-11(16)14-7-10(13)15/h1-6H,7H2,(H2,13,15)(H,14,16)/b5-4+. The van der Waals surface area contributed by atoms with Crippen LogP contribution in [0.5, 0.6) is 0 Å². The van der Waals surface area contributed by atoms with E-state index >= 15 is 0 Å². The van der Waals surface area contributed by atoms with Crippen LogP contribution < -0.4 is 11.1 Å². The van der Waals surface area contributed by atoms with E-state index < -0.39 is 5.91 Å². The van der Waals surface area contributed by atoms with E-state index in [9.17, 15) is 9.59 Å². The average molecular weight is 283 g/mol. The third-order valence-electron chi connectivity index (χ3n) is 1.71. The molecule has 1 aromatic rings. The Morgan fingerprint density at radius 1 is 1.44 bits per heavy atom. The predicted molar refractivity (Wildman–Crippen MR) is 65.4 cm³/mol. The first-order chi connectivity index (χ1) is 7.58. The summed E-state index contributed by atoms with van der Waals surface area (Å²) in [6.45, 7) is -0.151. The fourth-order valence-electron chi connectivity index (χ4n) is 1.02. The van der Waals surface area contributed by atoms with Crippen molar-refractivity contribution in [2.75, 3.05) is 6.54 Å². The van der Waals surface area contributed by atoms with Gasteiger partial charge in [-0.3, -0.25) is 9.59 Å². The molecule has 0 aliphatic heterocycles. The number of halogens is 1. The summed E-state index contributed by atoms with van der Waals surface area (Å²) in [6, 6.07) is 7.50. The highest BCUT2D eigenvalue weighted by Gasteiger charge is 1.97. The zero-order valence-corrected chi connectivity index (χ0v) is 10.0. The highest BCUT2D eigenvalue weighted by molar-refractivity contribution is 9.10. The van der Waals surface area contributed by atoms with Gasteiger partial charge in [0.15, 0.2) is 0 Å². The van der Waals surface area contributed by atoms with Gasteiger partial charge in [-0.15, -0.1) is 0 Å². The van der Waals surface area contributed by atoms with Crippen LogP contribution in [0.15, 0.2) is 34.8 Å². The van der Waals surface area contributed by atoms with E-state index in [0.717, 1.165) is 10.0 Å². The van der Waals surface area contributed by atoms with Gasteiger partial charge in [-0.1, -0.05) is 28.1 Å². The molecular formula is C11H11BrN2O2. The second-order valence-corrected chi connectivity index (χ2v) is 3.99. The third-order valence-corrected chi connectivity index (χ3v) is 2.21. The van der Waals surface area contributed by atoms with Crippen molar-refractivity contribution in [3.05, 3.63) is 40.4 Å². The van der Waals surface area contributed by atoms with Gasteiger partial charge in [-0.25, -0.2) is 0 Å². The van der Waals surface area contributed by atoms with Crippen LogP contribution in [-0.2, 0) is 9.59 Å². The molecule has 2 amide bonds. The van der Waals surface area contributed by atoms with Gasteiger partial charge < -0.3 is 11.1 Å². The summed E-state index contributed by atoms with van der Waals surface area (Å²) in [5.41, 5.74) is 5.78. The number of carbonyl (C=O) groups excluding carboxylic acids is 2. The molecule has 16 heavy (non-hydrogen) atoms. The normalized spacial score (nSPS) is 10.3. The van der Waals surface area contributed by atoms with E-state index in [-0.39, 0.29) is 12.5 Å². The lowest BCUT2D eigenvalue weighted by Gasteiger charge is -1.97. The van der Waals surface area contributed by atoms with Crippen LogP contribution in [0.2, 0.25) is 0 Å². The van der Waals surface area contributed by atoms with Crippen LogP contribution in [0.25, 0.3) is 6.08 Å². The lowest BCUT2D eigenvalue weighted by molar-refractivity contribution is -0.122. The van der Waals surface area contributed by atoms with Crippen molar-refractivity contribution in [1.82, 2.24) is 5.32 Å². The molecule has 0 saturated heterocycles. The number of hydrogen-bond acceptors (Lipinski definition) is 2. The molecule has 0 radical (unpaired) electrons. The van der Waals surface area contributed by atoms with Crippen LogP contribution in [0, 0.1) is 0 Å². The molecule has 0 atom stereocenters. The van der Waals surface area contributed by atoms with Gasteiger partial charge in [0, 0.05) is 10.5 Å². The van der Waals surface area contributed by atoms with E-state index in [0.29, 0.717) is 0 Å². The molecule has 5 heteroatoms. The Labute approximate surface area is 102 Å². The van der Waals surface area contributed by atoms with E-state index in [1.807, 2.05) is 24.3 Å². The molecule has 1 rings (SSSR count). The van der Waals surface area contributed by atoms with Gasteiger partial charge in [0.05, 0.1) is 6.54 Å². The number of nitrogens with one attached hydrogen (secondary N) is 1. The molecule has 0 fully saturated rings. The summed E-state index contributed by atoms with van der Waals surface area (Å²) in [7, 11) is 0. The number of amides is 2. The molecule has 0 spiro atoms. The van der Waals surface area contributed by atoms with E-state index in [1.165, 1.54) is 6.08 Å². The van der Waals surface area contributed by atoms with Gasteiger partial charge in [0.25, 0.3) is 0 Å². The van der Waals surface area contributed by atoms with Crippen LogP contribution in [-0.4, -0.2) is 18.4 Å². The van der Waals surface area contributed by atoms with E-state index in [4.69, 9.17) is 5.73 Å². The first kappa shape index (κ1) is 12.4. The van der Waals surface area contributed by atoms with Gasteiger partial charge in [-0.05, 0) is 23.8 Å². The van der Waals surface area contributed by atoms with Crippen molar-refractivity contribution in [3.8, 4) is 0 Å². The fraction of sp³-hybridized carbons (Fsp3) is 0.0909. The molecule has 0 unspecified atom stereocenters. The molecule has 0 saturated carbocycles. The van der Waals surface area contributed by atoms with Crippen LogP contribution >= 0.6 is 15.9 Å². The van der Waals surface area contributed by atoms with E-state index in [1.54, 1.807) is 6.08 Å². The second kappa shape index (κ2) is 6.07. The Bertz CT molecular complexity index is 430. The summed E-state index contributed by atoms with van der Waals surface area (Å²) < 4.78 is 0.937. The molecule has 0 aromatic heterocycles. The molecule has 3 N–H and O–H groups in total. The number of rotatable bonds is 4. The maximum absolute atomic E-state index is 11.2. The van der Waals surface area contributed by atoms with Gasteiger partial charge in [-0.2, -0.15) is 0 Å². The molecule has 0 aliphatic rings. The Balaban J connectivity index is 2.53. The topological polar surface area (TPSA) is 72.2 Å². The van der Waals surface area contributed by atoms with Gasteiger partial charge in [0.2, 0.25) is 11.8 Å². The van der Waals surface area contributed by atoms with Crippen molar-refractivity contribution >= 4 is 33.8 Å². The number of primary amides is 1. The smallest absolute Gasteiger partial charge is 0.244 e. The van der Waals surface area contributed by atoms with E-state index in [2.05, 4.69) is 21.2 Å². The SMILES string of the molecule is NC(=O)CNC(=O)/C=C/c1cccc(Br)c1. The largest absolute Gasteiger partial charge is 0.368 e. The lowest BCUT2D eigenvalue weighted by atomic mass is 10.2. The Morgan fingerprint density at radius 2 is 2.19 bits per heavy atom. The third kappa shape index (κ3) is 4.75. The molecular weight excluding hydrogens is 272 g/mol. The quantitative estimate of drug-likeness (QED) is 0.811. The molecule has 0 aliphatic carbocycles. The first-order valence-corrected chi connectivity index (χ1v) is 5.37. The highest BCUT2D eigenvalue weighted by atomic mass is 79.9. The molecule has 1 aromatic carbocycles. The van der Waals surface area contributed by atoms with Crippen molar-refractivity contribution in [1.29, 1.82) is 0 Å². The Kier molecular flexibility index (Phi) is 4.72. The molecule has 0 bridgehead atoms. The minimum absolute atomic E-state index is 0.151. The maximum atomic E-state index is 11.2. The molecule has 0 heterocycles. The zero-order valence-electron chi connectivity index (χ0n) is 8.44. The minimum atomic E-state index is -0.566.